The Morgan fingerprint density at radius 3 is 2.37 bits per heavy atom. The van der Waals surface area contributed by atoms with Crippen molar-refractivity contribution >= 4 is 27.3 Å². The van der Waals surface area contributed by atoms with E-state index in [-0.39, 0.29) is 17.0 Å². The van der Waals surface area contributed by atoms with Gasteiger partial charge in [-0.2, -0.15) is 0 Å². The van der Waals surface area contributed by atoms with Crippen molar-refractivity contribution < 1.29 is 22.9 Å². The SMILES string of the molecule is CC(C)(C)OC(=O)N1CCC(Nc2ccc(S(C)(=O)=O)c([N+](=O)[O-])c2)CC1. The number of carbonyl (C=O) groups is 1. The zero-order valence-corrected chi connectivity index (χ0v) is 16.7. The van der Waals surface area contributed by atoms with Gasteiger partial charge in [-0.05, 0) is 45.7 Å². The minimum absolute atomic E-state index is 0.0207. The third-order valence-electron chi connectivity index (χ3n) is 4.07. The topological polar surface area (TPSA) is 119 Å². The smallest absolute Gasteiger partial charge is 0.410 e. The van der Waals surface area contributed by atoms with Gasteiger partial charge in [0.15, 0.2) is 9.84 Å². The Labute approximate surface area is 158 Å². The molecule has 1 N–H and O–H groups in total. The number of nitrogens with one attached hydrogen (secondary N) is 1. The molecule has 2 rings (SSSR count). The largest absolute Gasteiger partial charge is 0.444 e. The molecular weight excluding hydrogens is 374 g/mol. The molecule has 0 radical (unpaired) electrons. The van der Waals surface area contributed by atoms with Crippen LogP contribution in [0.2, 0.25) is 0 Å². The molecule has 0 unspecified atom stereocenters. The molecule has 9 nitrogen and oxygen atoms in total. The molecule has 1 aliphatic rings. The number of carbonyl (C=O) groups excluding carboxylic acids is 1. The number of nitro groups is 1. The van der Waals surface area contributed by atoms with Gasteiger partial charge in [-0.15, -0.1) is 0 Å². The number of rotatable bonds is 4. The summed E-state index contributed by atoms with van der Waals surface area (Å²) in [6.45, 7) is 6.46. The van der Waals surface area contributed by atoms with Gasteiger partial charge in [0.2, 0.25) is 0 Å². The maximum absolute atomic E-state index is 12.1. The highest BCUT2D eigenvalue weighted by Gasteiger charge is 2.28. The second kappa shape index (κ2) is 7.71. The molecular formula is C17H25N3O6S. The molecule has 0 aliphatic carbocycles. The molecule has 0 bridgehead atoms. The highest BCUT2D eigenvalue weighted by Crippen LogP contribution is 2.28. The molecule has 0 saturated carbocycles. The number of hydrogen-bond donors (Lipinski definition) is 1. The second-order valence-electron chi connectivity index (χ2n) is 7.60. The average molecular weight is 399 g/mol. The number of piperidine rings is 1. The van der Waals surface area contributed by atoms with Gasteiger partial charge in [-0.25, -0.2) is 13.2 Å². The van der Waals surface area contributed by atoms with Crippen LogP contribution in [0.15, 0.2) is 23.1 Å². The lowest BCUT2D eigenvalue weighted by Gasteiger charge is -2.34. The first kappa shape index (κ1) is 20.9. The van der Waals surface area contributed by atoms with Crippen LogP contribution >= 0.6 is 0 Å². The zero-order chi connectivity index (χ0) is 20.4. The summed E-state index contributed by atoms with van der Waals surface area (Å²) in [5, 5.41) is 14.4. The molecule has 1 fully saturated rings. The molecule has 27 heavy (non-hydrogen) atoms. The van der Waals surface area contributed by atoms with Crippen molar-refractivity contribution in [1.82, 2.24) is 4.90 Å². The number of ether oxygens (including phenoxy) is 1. The predicted molar refractivity (Wildman–Crippen MR) is 101 cm³/mol. The predicted octanol–water partition coefficient (Wildman–Crippen LogP) is 2.81. The van der Waals surface area contributed by atoms with Crippen molar-refractivity contribution in [2.24, 2.45) is 0 Å². The van der Waals surface area contributed by atoms with Gasteiger partial charge in [0.1, 0.15) is 10.5 Å². The minimum Gasteiger partial charge on any atom is -0.444 e. The van der Waals surface area contributed by atoms with Crippen LogP contribution in [-0.2, 0) is 14.6 Å². The van der Waals surface area contributed by atoms with Crippen LogP contribution in [-0.4, -0.2) is 55.3 Å². The monoisotopic (exact) mass is 399 g/mol. The number of amides is 1. The van der Waals surface area contributed by atoms with E-state index in [2.05, 4.69) is 5.32 Å². The Hall–Kier alpha value is -2.36. The lowest BCUT2D eigenvalue weighted by Crippen LogP contribution is -2.44. The van der Waals surface area contributed by atoms with Crippen LogP contribution < -0.4 is 5.32 Å². The van der Waals surface area contributed by atoms with E-state index >= 15 is 0 Å². The fourth-order valence-electron chi connectivity index (χ4n) is 2.83. The van der Waals surface area contributed by atoms with Gasteiger partial charge in [-0.3, -0.25) is 10.1 Å². The van der Waals surface area contributed by atoms with Crippen LogP contribution in [0.3, 0.4) is 0 Å². The summed E-state index contributed by atoms with van der Waals surface area (Å²) in [5.74, 6) is 0. The lowest BCUT2D eigenvalue weighted by molar-refractivity contribution is -0.387. The maximum Gasteiger partial charge on any atom is 0.410 e. The summed E-state index contributed by atoms with van der Waals surface area (Å²) in [7, 11) is -3.69. The number of nitro benzene ring substituents is 1. The quantitative estimate of drug-likeness (QED) is 0.611. The molecule has 10 heteroatoms. The van der Waals surface area contributed by atoms with Crippen molar-refractivity contribution in [3.63, 3.8) is 0 Å². The zero-order valence-electron chi connectivity index (χ0n) is 15.9. The molecule has 1 aliphatic heterocycles. The molecule has 1 heterocycles. The summed E-state index contributed by atoms with van der Waals surface area (Å²) < 4.78 is 28.7. The van der Waals surface area contributed by atoms with E-state index in [0.29, 0.717) is 31.6 Å². The Kier molecular flexibility index (Phi) is 5.98. The van der Waals surface area contributed by atoms with Gasteiger partial charge >= 0.3 is 6.09 Å². The highest BCUT2D eigenvalue weighted by molar-refractivity contribution is 7.90. The van der Waals surface area contributed by atoms with Crippen LogP contribution in [0, 0.1) is 10.1 Å². The third-order valence-corrected chi connectivity index (χ3v) is 5.22. The molecule has 0 spiro atoms. The number of sulfone groups is 1. The van der Waals surface area contributed by atoms with Crippen molar-refractivity contribution in [2.75, 3.05) is 24.7 Å². The first-order valence-electron chi connectivity index (χ1n) is 8.60. The molecule has 0 aromatic heterocycles. The van der Waals surface area contributed by atoms with Crippen LogP contribution in [0.1, 0.15) is 33.6 Å². The lowest BCUT2D eigenvalue weighted by atomic mass is 10.0. The first-order valence-corrected chi connectivity index (χ1v) is 10.5. The van der Waals surface area contributed by atoms with Crippen LogP contribution in [0.5, 0.6) is 0 Å². The standard InChI is InChI=1S/C17H25N3O6S/c1-17(2,3)26-16(21)19-9-7-12(8-10-19)18-13-5-6-15(27(4,24)25)14(11-13)20(22)23/h5-6,11-12,18H,7-10H2,1-4H3. The fraction of sp³-hybridized carbons (Fsp3) is 0.588. The average Bonchev–Trinajstić information content (AvgIpc) is 2.52. The maximum atomic E-state index is 12.1. The Morgan fingerprint density at radius 2 is 1.89 bits per heavy atom. The van der Waals surface area contributed by atoms with Gasteiger partial charge in [0, 0.05) is 37.1 Å². The van der Waals surface area contributed by atoms with E-state index in [1.54, 1.807) is 4.90 Å². The van der Waals surface area contributed by atoms with Crippen molar-refractivity contribution in [3.8, 4) is 0 Å². The van der Waals surface area contributed by atoms with E-state index < -0.39 is 26.0 Å². The van der Waals surface area contributed by atoms with E-state index in [0.717, 1.165) is 6.26 Å². The van der Waals surface area contributed by atoms with Crippen LogP contribution in [0.4, 0.5) is 16.2 Å². The number of anilines is 1. The summed E-state index contributed by atoms with van der Waals surface area (Å²) in [6.07, 6.45) is 1.89. The minimum atomic E-state index is -3.69. The highest BCUT2D eigenvalue weighted by atomic mass is 32.2. The van der Waals surface area contributed by atoms with Gasteiger partial charge in [0.05, 0.1) is 4.92 Å². The second-order valence-corrected chi connectivity index (χ2v) is 9.58. The number of nitrogens with zero attached hydrogens (tertiary/aromatic N) is 2. The van der Waals surface area contributed by atoms with Gasteiger partial charge in [0.25, 0.3) is 5.69 Å². The van der Waals surface area contributed by atoms with Crippen molar-refractivity contribution in [2.45, 2.75) is 50.2 Å². The van der Waals surface area contributed by atoms with Crippen LogP contribution in [0.25, 0.3) is 0 Å². The van der Waals surface area contributed by atoms with Crippen molar-refractivity contribution in [3.05, 3.63) is 28.3 Å². The number of likely N-dealkylation sites (tertiary alicyclic amines) is 1. The van der Waals surface area contributed by atoms with Gasteiger partial charge < -0.3 is 15.0 Å². The van der Waals surface area contributed by atoms with E-state index in [1.165, 1.54) is 18.2 Å². The van der Waals surface area contributed by atoms with Crippen molar-refractivity contribution in [1.29, 1.82) is 0 Å². The summed E-state index contributed by atoms with van der Waals surface area (Å²) in [4.78, 5) is 23.9. The summed E-state index contributed by atoms with van der Waals surface area (Å²) in [6, 6.07) is 4.01. The Morgan fingerprint density at radius 1 is 1.30 bits per heavy atom. The number of hydrogen-bond acceptors (Lipinski definition) is 7. The molecule has 1 aromatic carbocycles. The fourth-order valence-corrected chi connectivity index (χ4v) is 3.66. The summed E-state index contributed by atoms with van der Waals surface area (Å²) >= 11 is 0. The Balaban J connectivity index is 2.02. The van der Waals surface area contributed by atoms with Gasteiger partial charge in [-0.1, -0.05) is 0 Å². The third kappa shape index (κ3) is 5.81. The normalized spacial score (nSPS) is 16.1. The molecule has 150 valence electrons. The molecule has 1 saturated heterocycles. The van der Waals surface area contributed by atoms with E-state index in [1.807, 2.05) is 20.8 Å². The first-order chi connectivity index (χ1) is 12.4. The Bertz CT molecular complexity index is 824. The number of benzene rings is 1. The summed E-state index contributed by atoms with van der Waals surface area (Å²) in [5.41, 5.74) is -0.523. The molecule has 1 aromatic rings. The van der Waals surface area contributed by atoms with E-state index in [9.17, 15) is 23.3 Å². The molecule has 0 atom stereocenters. The van der Waals surface area contributed by atoms with E-state index in [4.69, 9.17) is 4.74 Å². The molecule has 1 amide bonds.